The molecule has 0 aliphatic heterocycles. The number of rotatable bonds is 5. The van der Waals surface area contributed by atoms with Crippen molar-refractivity contribution in [1.82, 2.24) is 4.98 Å². The second-order valence-corrected chi connectivity index (χ2v) is 8.62. The second kappa shape index (κ2) is 10.0. The van der Waals surface area contributed by atoms with Crippen LogP contribution in [0, 0.1) is 0 Å². The van der Waals surface area contributed by atoms with Crippen LogP contribution in [0.5, 0.6) is 0 Å². The minimum atomic E-state index is 0. The molecular formula is C30H25ClN6. The molecule has 5 aromatic carbocycles. The Balaban J connectivity index is 0.00000280. The first-order valence-electron chi connectivity index (χ1n) is 11.7. The van der Waals surface area contributed by atoms with E-state index in [1.807, 2.05) is 91.0 Å². The number of aromatic nitrogens is 2. The summed E-state index contributed by atoms with van der Waals surface area (Å²) in [6.07, 6.45) is 0. The molecule has 0 aliphatic rings. The highest BCUT2D eigenvalue weighted by Gasteiger charge is 2.22. The molecule has 0 bridgehead atoms. The number of hydrogen-bond donors (Lipinski definition) is 4. The number of nitrogens with two attached hydrogens (primary N) is 2. The first-order chi connectivity index (χ1) is 17.7. The van der Waals surface area contributed by atoms with Crippen LogP contribution in [0.4, 0.5) is 34.1 Å². The Morgan fingerprint density at radius 3 is 1.59 bits per heavy atom. The van der Waals surface area contributed by atoms with Gasteiger partial charge in [0.2, 0.25) is 16.7 Å². The maximum Gasteiger partial charge on any atom is 0.239 e. The summed E-state index contributed by atoms with van der Waals surface area (Å²) in [5.41, 5.74) is 21.7. The third-order valence-corrected chi connectivity index (χ3v) is 6.14. The smallest absolute Gasteiger partial charge is 0.239 e. The lowest BCUT2D eigenvalue weighted by atomic mass is 10.1. The molecule has 0 aliphatic carbocycles. The molecule has 0 saturated carbocycles. The van der Waals surface area contributed by atoms with E-state index in [1.165, 1.54) is 0 Å². The summed E-state index contributed by atoms with van der Waals surface area (Å²) in [6.45, 7) is 0. The minimum absolute atomic E-state index is 0. The molecule has 1 aromatic heterocycles. The van der Waals surface area contributed by atoms with Gasteiger partial charge in [0, 0.05) is 35.6 Å². The van der Waals surface area contributed by atoms with Crippen LogP contribution in [-0.2, 0) is 0 Å². The highest BCUT2D eigenvalue weighted by Crippen LogP contribution is 2.33. The summed E-state index contributed by atoms with van der Waals surface area (Å²) < 4.78 is 2.18. The van der Waals surface area contributed by atoms with Crippen molar-refractivity contribution in [3.05, 3.63) is 115 Å². The van der Waals surface area contributed by atoms with Crippen molar-refractivity contribution < 1.29 is 17.0 Å². The molecule has 0 spiro atoms. The Kier molecular flexibility index (Phi) is 6.49. The molecular weight excluding hydrogens is 480 g/mol. The molecule has 0 unspecified atom stereocenters. The predicted molar refractivity (Wildman–Crippen MR) is 149 cm³/mol. The van der Waals surface area contributed by atoms with Crippen LogP contribution in [0.25, 0.3) is 27.8 Å². The molecule has 6 nitrogen and oxygen atoms in total. The van der Waals surface area contributed by atoms with E-state index < -0.39 is 0 Å². The third kappa shape index (κ3) is 4.70. The van der Waals surface area contributed by atoms with Crippen molar-refractivity contribution >= 4 is 56.2 Å². The van der Waals surface area contributed by atoms with Crippen LogP contribution in [0.15, 0.2) is 115 Å². The fraction of sp³-hybridized carbons (Fsp3) is 0. The molecule has 7 heteroatoms. The lowest BCUT2D eigenvalue weighted by molar-refractivity contribution is -0.538. The fourth-order valence-corrected chi connectivity index (χ4v) is 4.40. The van der Waals surface area contributed by atoms with Gasteiger partial charge in [-0.05, 0) is 36.4 Å². The third-order valence-electron chi connectivity index (χ3n) is 6.14. The van der Waals surface area contributed by atoms with Gasteiger partial charge in [-0.15, -0.1) is 4.57 Å². The van der Waals surface area contributed by atoms with Gasteiger partial charge in [0.25, 0.3) is 0 Å². The molecule has 0 radical (unpaired) electrons. The van der Waals surface area contributed by atoms with E-state index in [-0.39, 0.29) is 12.4 Å². The summed E-state index contributed by atoms with van der Waals surface area (Å²) in [4.78, 5) is 4.99. The van der Waals surface area contributed by atoms with Crippen LogP contribution < -0.4 is 39.1 Å². The maximum atomic E-state index is 6.23. The summed E-state index contributed by atoms with van der Waals surface area (Å²) in [7, 11) is 0. The molecule has 0 fully saturated rings. The van der Waals surface area contributed by atoms with E-state index in [0.717, 1.165) is 50.5 Å². The summed E-state index contributed by atoms with van der Waals surface area (Å²) in [5.74, 6) is 0. The van der Waals surface area contributed by atoms with Gasteiger partial charge < -0.3 is 34.5 Å². The van der Waals surface area contributed by atoms with Crippen molar-refractivity contribution in [2.45, 2.75) is 0 Å². The molecule has 6 N–H and O–H groups in total. The number of nitrogen functional groups attached to an aromatic ring is 2. The first kappa shape index (κ1) is 23.9. The summed E-state index contributed by atoms with van der Waals surface area (Å²) in [6, 6.07) is 38.4. The zero-order chi connectivity index (χ0) is 24.5. The number of hydrogen-bond acceptors (Lipinski definition) is 5. The molecule has 6 aromatic rings. The van der Waals surface area contributed by atoms with E-state index >= 15 is 0 Å². The number of halogens is 1. The van der Waals surface area contributed by atoms with Crippen LogP contribution in [0.3, 0.4) is 0 Å². The van der Waals surface area contributed by atoms with Crippen molar-refractivity contribution in [3.8, 4) is 5.69 Å². The highest BCUT2D eigenvalue weighted by atomic mass is 35.5. The Morgan fingerprint density at radius 1 is 0.541 bits per heavy atom. The molecule has 0 atom stereocenters. The monoisotopic (exact) mass is 504 g/mol. The van der Waals surface area contributed by atoms with Crippen LogP contribution >= 0.6 is 0 Å². The van der Waals surface area contributed by atoms with Crippen molar-refractivity contribution in [2.75, 3.05) is 22.1 Å². The number of nitrogens with one attached hydrogen (secondary N) is 2. The number of anilines is 6. The van der Waals surface area contributed by atoms with Gasteiger partial charge in [-0.3, -0.25) is 0 Å². The van der Waals surface area contributed by atoms with Crippen LogP contribution in [0.1, 0.15) is 0 Å². The average Bonchev–Trinajstić information content (AvgIpc) is 2.91. The SMILES string of the molecule is Nc1cc2nc3cc(Nc4ccccc4)c(Nc4ccccc4)cc3[n+](-c3ccccc3)c2cc1N.[Cl-]. The Morgan fingerprint density at radius 2 is 1.00 bits per heavy atom. The highest BCUT2D eigenvalue weighted by molar-refractivity contribution is 5.94. The van der Waals surface area contributed by atoms with Gasteiger partial charge in [0.1, 0.15) is 11.0 Å². The summed E-state index contributed by atoms with van der Waals surface area (Å²) in [5, 5.41) is 7.14. The molecule has 0 saturated heterocycles. The molecule has 0 amide bonds. The average molecular weight is 505 g/mol. The zero-order valence-corrected chi connectivity index (χ0v) is 20.7. The number of nitrogens with zero attached hydrogens (tertiary/aromatic N) is 2. The zero-order valence-electron chi connectivity index (χ0n) is 19.9. The topological polar surface area (TPSA) is 92.9 Å². The summed E-state index contributed by atoms with van der Waals surface area (Å²) >= 11 is 0. The minimum Gasteiger partial charge on any atom is -1.00 e. The van der Waals surface area contributed by atoms with E-state index in [0.29, 0.717) is 11.4 Å². The van der Waals surface area contributed by atoms with Gasteiger partial charge in [-0.25, -0.2) is 4.98 Å². The standard InChI is InChI=1S/C30H24N6.ClH/c31-23-16-27-29(17-24(23)32)36(22-14-8-3-9-15-22)30-19-26(34-21-12-6-2-7-13-21)25(18-28(30)35-27)33-20-10-4-1-5-11-20;/h1-19H,(H5,31,32,33,34,35);1H. The Labute approximate surface area is 221 Å². The van der Waals surface area contributed by atoms with Gasteiger partial charge >= 0.3 is 0 Å². The Hall–Kier alpha value is -4.81. The Bertz CT molecular complexity index is 1690. The van der Waals surface area contributed by atoms with E-state index in [2.05, 4.69) is 39.5 Å². The van der Waals surface area contributed by atoms with Crippen molar-refractivity contribution in [3.63, 3.8) is 0 Å². The second-order valence-electron chi connectivity index (χ2n) is 8.62. The number of fused-ring (bicyclic) bond motifs is 2. The van der Waals surface area contributed by atoms with Crippen molar-refractivity contribution in [1.29, 1.82) is 0 Å². The van der Waals surface area contributed by atoms with Gasteiger partial charge in [-0.2, -0.15) is 0 Å². The molecule has 37 heavy (non-hydrogen) atoms. The van der Waals surface area contributed by atoms with E-state index in [9.17, 15) is 0 Å². The normalized spacial score (nSPS) is 10.7. The maximum absolute atomic E-state index is 6.23. The largest absolute Gasteiger partial charge is 1.00 e. The lowest BCUT2D eigenvalue weighted by Crippen LogP contribution is -3.00. The van der Waals surface area contributed by atoms with Crippen LogP contribution in [0.2, 0.25) is 0 Å². The van der Waals surface area contributed by atoms with E-state index in [1.54, 1.807) is 0 Å². The van der Waals surface area contributed by atoms with E-state index in [4.69, 9.17) is 16.5 Å². The fourth-order valence-electron chi connectivity index (χ4n) is 4.40. The quantitative estimate of drug-likeness (QED) is 0.164. The molecule has 1 heterocycles. The van der Waals surface area contributed by atoms with Gasteiger partial charge in [0.15, 0.2) is 0 Å². The lowest BCUT2D eigenvalue weighted by Gasteiger charge is -2.16. The van der Waals surface area contributed by atoms with Gasteiger partial charge in [-0.1, -0.05) is 54.6 Å². The van der Waals surface area contributed by atoms with Crippen LogP contribution in [-0.4, -0.2) is 4.98 Å². The first-order valence-corrected chi connectivity index (χ1v) is 11.7. The van der Waals surface area contributed by atoms with Crippen molar-refractivity contribution in [2.24, 2.45) is 0 Å². The molecule has 6 rings (SSSR count). The number of para-hydroxylation sites is 3. The predicted octanol–water partition coefficient (Wildman–Crippen LogP) is 3.32. The van der Waals surface area contributed by atoms with Gasteiger partial charge in [0.05, 0.1) is 22.7 Å². The number of benzene rings is 5. The molecule has 182 valence electrons.